The SMILES string of the molecule is [C]1CCC=Nc2ccccc21. The first-order chi connectivity index (χ1) is 5.47. The molecule has 1 aliphatic heterocycles. The van der Waals surface area contributed by atoms with Gasteiger partial charge < -0.3 is 0 Å². The number of rotatable bonds is 0. The number of aliphatic imine (C=N–C) groups is 1. The van der Waals surface area contributed by atoms with E-state index in [1.165, 1.54) is 0 Å². The third-order valence-corrected chi connectivity index (χ3v) is 1.72. The molecule has 0 fully saturated rings. The van der Waals surface area contributed by atoms with Gasteiger partial charge in [0, 0.05) is 12.6 Å². The van der Waals surface area contributed by atoms with Crippen LogP contribution in [0.5, 0.6) is 0 Å². The fourth-order valence-electron chi connectivity index (χ4n) is 1.17. The molecule has 54 valence electrons. The highest BCUT2D eigenvalue weighted by Crippen LogP contribution is 2.23. The highest BCUT2D eigenvalue weighted by atomic mass is 14.7. The smallest absolute Gasteiger partial charge is 0.0663 e. The van der Waals surface area contributed by atoms with Gasteiger partial charge in [0.2, 0.25) is 0 Å². The highest BCUT2D eigenvalue weighted by molar-refractivity contribution is 5.67. The lowest BCUT2D eigenvalue weighted by molar-refractivity contribution is 1.06. The molecule has 1 aromatic carbocycles. The van der Waals surface area contributed by atoms with Crippen molar-refractivity contribution >= 4 is 11.9 Å². The van der Waals surface area contributed by atoms with Crippen LogP contribution in [0.2, 0.25) is 0 Å². The molecule has 11 heavy (non-hydrogen) atoms. The molecule has 1 heteroatoms. The van der Waals surface area contributed by atoms with Gasteiger partial charge in [0.25, 0.3) is 0 Å². The molecule has 0 N–H and O–H groups in total. The molecule has 0 bridgehead atoms. The summed E-state index contributed by atoms with van der Waals surface area (Å²) in [5, 5.41) is 0. The normalized spacial score (nSPS) is 15.6. The Balaban J connectivity index is 2.45. The van der Waals surface area contributed by atoms with Crippen molar-refractivity contribution in [1.29, 1.82) is 0 Å². The van der Waals surface area contributed by atoms with E-state index >= 15 is 0 Å². The van der Waals surface area contributed by atoms with Crippen molar-refractivity contribution in [2.45, 2.75) is 12.8 Å². The molecule has 1 nitrogen and oxygen atoms in total. The van der Waals surface area contributed by atoms with E-state index in [1.807, 2.05) is 24.4 Å². The largest absolute Gasteiger partial charge is 0.261 e. The highest BCUT2D eigenvalue weighted by Gasteiger charge is 2.02. The van der Waals surface area contributed by atoms with Crippen molar-refractivity contribution in [3.63, 3.8) is 0 Å². The van der Waals surface area contributed by atoms with Crippen LogP contribution in [0.4, 0.5) is 5.69 Å². The van der Waals surface area contributed by atoms with Crippen LogP contribution in [0.3, 0.4) is 0 Å². The van der Waals surface area contributed by atoms with E-state index in [4.69, 9.17) is 0 Å². The van der Waals surface area contributed by atoms with Gasteiger partial charge in [0.05, 0.1) is 5.69 Å². The second-order valence-corrected chi connectivity index (χ2v) is 2.54. The molecule has 0 atom stereocenters. The van der Waals surface area contributed by atoms with Gasteiger partial charge in [-0.2, -0.15) is 0 Å². The summed E-state index contributed by atoms with van der Waals surface area (Å²) in [7, 11) is 0. The summed E-state index contributed by atoms with van der Waals surface area (Å²) in [6.45, 7) is 0. The zero-order chi connectivity index (χ0) is 7.52. The predicted molar refractivity (Wildman–Crippen MR) is 46.2 cm³/mol. The van der Waals surface area contributed by atoms with Crippen LogP contribution >= 0.6 is 0 Å². The first kappa shape index (κ1) is 6.59. The van der Waals surface area contributed by atoms with Gasteiger partial charge >= 0.3 is 0 Å². The van der Waals surface area contributed by atoms with Crippen LogP contribution in [0.1, 0.15) is 18.4 Å². The van der Waals surface area contributed by atoms with Crippen LogP contribution < -0.4 is 0 Å². The summed E-state index contributed by atoms with van der Waals surface area (Å²) in [5.74, 6) is 0. The number of benzene rings is 1. The molecule has 0 saturated heterocycles. The average Bonchev–Trinajstić information content (AvgIpc) is 2.28. The Labute approximate surface area is 66.8 Å². The summed E-state index contributed by atoms with van der Waals surface area (Å²) in [6, 6.07) is 8.10. The van der Waals surface area contributed by atoms with Crippen molar-refractivity contribution in [3.05, 3.63) is 36.2 Å². The van der Waals surface area contributed by atoms with E-state index in [2.05, 4.69) is 17.5 Å². The fraction of sp³-hybridized carbons (Fsp3) is 0.200. The minimum absolute atomic E-state index is 0.987. The molecule has 0 unspecified atom stereocenters. The number of nitrogens with zero attached hydrogens (tertiary/aromatic N) is 1. The van der Waals surface area contributed by atoms with E-state index < -0.39 is 0 Å². The minimum Gasteiger partial charge on any atom is -0.261 e. The molecule has 2 rings (SSSR count). The van der Waals surface area contributed by atoms with Gasteiger partial charge in [0.1, 0.15) is 0 Å². The maximum Gasteiger partial charge on any atom is 0.0663 e. The lowest BCUT2D eigenvalue weighted by atomic mass is 10.1. The Morgan fingerprint density at radius 2 is 2.18 bits per heavy atom. The summed E-state index contributed by atoms with van der Waals surface area (Å²) in [4.78, 5) is 4.30. The lowest BCUT2D eigenvalue weighted by Crippen LogP contribution is -1.78. The number of para-hydroxylation sites is 1. The van der Waals surface area contributed by atoms with Gasteiger partial charge in [-0.1, -0.05) is 18.2 Å². The fourth-order valence-corrected chi connectivity index (χ4v) is 1.17. The predicted octanol–water partition coefficient (Wildman–Crippen LogP) is 2.61. The topological polar surface area (TPSA) is 12.4 Å². The summed E-state index contributed by atoms with van der Waals surface area (Å²) in [5.41, 5.74) is 2.19. The van der Waals surface area contributed by atoms with E-state index in [1.54, 1.807) is 0 Å². The van der Waals surface area contributed by atoms with Gasteiger partial charge in [-0.15, -0.1) is 0 Å². The molecule has 2 radical (unpaired) electrons. The Hall–Kier alpha value is -1.11. The second kappa shape index (κ2) is 2.87. The minimum atomic E-state index is 0.987. The molecule has 1 heterocycles. The standard InChI is InChI=1S/C10H9N/c1-2-7-10-9(5-1)6-3-4-8-11-10/h1-2,5,7-8H,3-4H2. The molecule has 0 spiro atoms. The maximum atomic E-state index is 4.30. The first-order valence-corrected chi connectivity index (χ1v) is 3.82. The van der Waals surface area contributed by atoms with Crippen molar-refractivity contribution in [1.82, 2.24) is 0 Å². The van der Waals surface area contributed by atoms with E-state index in [-0.39, 0.29) is 0 Å². The molecule has 0 aliphatic carbocycles. The maximum absolute atomic E-state index is 4.30. The quantitative estimate of drug-likeness (QED) is 0.529. The van der Waals surface area contributed by atoms with Crippen LogP contribution in [0.25, 0.3) is 0 Å². The van der Waals surface area contributed by atoms with Crippen LogP contribution in [0.15, 0.2) is 29.3 Å². The van der Waals surface area contributed by atoms with E-state index in [0.29, 0.717) is 0 Å². The zero-order valence-electron chi connectivity index (χ0n) is 6.25. The third-order valence-electron chi connectivity index (χ3n) is 1.72. The molecule has 1 aliphatic rings. The summed E-state index contributed by atoms with van der Waals surface area (Å²) in [6.07, 6.45) is 7.25. The second-order valence-electron chi connectivity index (χ2n) is 2.54. The van der Waals surface area contributed by atoms with E-state index in [9.17, 15) is 0 Å². The van der Waals surface area contributed by atoms with Crippen molar-refractivity contribution < 1.29 is 0 Å². The molecular weight excluding hydrogens is 134 g/mol. The van der Waals surface area contributed by atoms with Gasteiger partial charge in [0.15, 0.2) is 0 Å². The molecule has 0 aromatic heterocycles. The van der Waals surface area contributed by atoms with Gasteiger partial charge in [-0.25, -0.2) is 0 Å². The lowest BCUT2D eigenvalue weighted by Gasteiger charge is -1.98. The number of hydrogen-bond donors (Lipinski definition) is 0. The molecule has 1 aromatic rings. The van der Waals surface area contributed by atoms with Crippen molar-refractivity contribution in [2.24, 2.45) is 4.99 Å². The van der Waals surface area contributed by atoms with Crippen molar-refractivity contribution in [3.8, 4) is 0 Å². The molecule has 0 saturated carbocycles. The Morgan fingerprint density at radius 3 is 3.18 bits per heavy atom. The van der Waals surface area contributed by atoms with Crippen LogP contribution in [0, 0.1) is 6.42 Å². The average molecular weight is 143 g/mol. The van der Waals surface area contributed by atoms with Gasteiger partial charge in [-0.3, -0.25) is 4.99 Å². The molecule has 0 amide bonds. The van der Waals surface area contributed by atoms with Crippen LogP contribution in [-0.4, -0.2) is 6.21 Å². The Morgan fingerprint density at radius 1 is 1.27 bits per heavy atom. The van der Waals surface area contributed by atoms with Crippen LogP contribution in [-0.2, 0) is 0 Å². The Bertz CT molecular complexity index is 276. The third kappa shape index (κ3) is 1.32. The summed E-state index contributed by atoms with van der Waals surface area (Å²) >= 11 is 0. The Kier molecular flexibility index (Phi) is 1.72. The van der Waals surface area contributed by atoms with E-state index in [0.717, 1.165) is 24.1 Å². The molecular formula is C10H9N. The van der Waals surface area contributed by atoms with Gasteiger partial charge in [-0.05, 0) is 24.5 Å². The van der Waals surface area contributed by atoms with Crippen molar-refractivity contribution in [2.75, 3.05) is 0 Å². The zero-order valence-corrected chi connectivity index (χ0v) is 6.25. The first-order valence-electron chi connectivity index (χ1n) is 3.82. The number of hydrogen-bond acceptors (Lipinski definition) is 1. The number of fused-ring (bicyclic) bond motifs is 1. The summed E-state index contributed by atoms with van der Waals surface area (Å²) < 4.78 is 0. The monoisotopic (exact) mass is 143 g/mol.